The number of nitrogens with zero attached hydrogens (tertiary/aromatic N) is 1. The lowest BCUT2D eigenvalue weighted by atomic mass is 10.2. The molecule has 0 spiro atoms. The Hall–Kier alpha value is -2.29. The number of hydrogen-bond donors (Lipinski definition) is 1. The minimum atomic E-state index is -3.10. The fraction of sp³-hybridized carbons (Fsp3) is 0.529. The van der Waals surface area contributed by atoms with Crippen molar-refractivity contribution in [3.63, 3.8) is 0 Å². The highest BCUT2D eigenvalue weighted by Gasteiger charge is 2.33. The zero-order valence-electron chi connectivity index (χ0n) is 15.1. The standard InChI is InChI=1S/C17H24N2O6S/c1-12(20)19(13-7-9-26(22,23)11-13)8-6-17(21)18-15-10-14(24-2)4-5-16(15)25-3/h4-5,10,13H,6-9,11H2,1-3H3,(H,18,21). The number of anilines is 1. The second-order valence-corrected chi connectivity index (χ2v) is 8.36. The maximum absolute atomic E-state index is 12.3. The van der Waals surface area contributed by atoms with Crippen molar-refractivity contribution in [3.8, 4) is 11.5 Å². The summed E-state index contributed by atoms with van der Waals surface area (Å²) < 4.78 is 33.6. The molecule has 1 heterocycles. The van der Waals surface area contributed by atoms with E-state index in [0.717, 1.165) is 0 Å². The molecule has 0 radical (unpaired) electrons. The second-order valence-electron chi connectivity index (χ2n) is 6.13. The van der Waals surface area contributed by atoms with Crippen LogP contribution in [0.4, 0.5) is 5.69 Å². The van der Waals surface area contributed by atoms with Crippen molar-refractivity contribution in [2.75, 3.05) is 37.6 Å². The van der Waals surface area contributed by atoms with E-state index < -0.39 is 9.84 Å². The third-order valence-electron chi connectivity index (χ3n) is 4.31. The van der Waals surface area contributed by atoms with Gasteiger partial charge in [-0.3, -0.25) is 9.59 Å². The van der Waals surface area contributed by atoms with Gasteiger partial charge < -0.3 is 19.7 Å². The Morgan fingerprint density at radius 1 is 1.27 bits per heavy atom. The fourth-order valence-electron chi connectivity index (χ4n) is 2.96. The first-order valence-corrected chi connectivity index (χ1v) is 10.1. The number of carbonyl (C=O) groups excluding carboxylic acids is 2. The summed E-state index contributed by atoms with van der Waals surface area (Å²) in [5, 5.41) is 2.74. The number of amides is 2. The number of benzene rings is 1. The second kappa shape index (κ2) is 8.39. The molecule has 1 fully saturated rings. The van der Waals surface area contributed by atoms with Gasteiger partial charge in [-0.05, 0) is 18.6 Å². The van der Waals surface area contributed by atoms with Gasteiger partial charge in [-0.25, -0.2) is 8.42 Å². The Bertz CT molecular complexity index is 777. The van der Waals surface area contributed by atoms with Crippen LogP contribution in [0.3, 0.4) is 0 Å². The topological polar surface area (TPSA) is 102 Å². The normalized spacial score (nSPS) is 18.2. The Morgan fingerprint density at radius 2 is 2.00 bits per heavy atom. The van der Waals surface area contributed by atoms with E-state index >= 15 is 0 Å². The lowest BCUT2D eigenvalue weighted by molar-refractivity contribution is -0.131. The first-order valence-electron chi connectivity index (χ1n) is 8.25. The molecule has 0 saturated carbocycles. The largest absolute Gasteiger partial charge is 0.497 e. The van der Waals surface area contributed by atoms with Crippen molar-refractivity contribution in [1.82, 2.24) is 4.90 Å². The van der Waals surface area contributed by atoms with Crippen LogP contribution < -0.4 is 14.8 Å². The molecule has 0 bridgehead atoms. The number of ether oxygens (including phenoxy) is 2. The summed E-state index contributed by atoms with van der Waals surface area (Å²) >= 11 is 0. The summed E-state index contributed by atoms with van der Waals surface area (Å²) in [7, 11) is -0.0855. The number of hydrogen-bond acceptors (Lipinski definition) is 6. The van der Waals surface area contributed by atoms with Crippen molar-refractivity contribution in [3.05, 3.63) is 18.2 Å². The molecule has 8 nitrogen and oxygen atoms in total. The summed E-state index contributed by atoms with van der Waals surface area (Å²) in [6, 6.07) is 4.67. The Kier molecular flexibility index (Phi) is 6.47. The molecule has 1 unspecified atom stereocenters. The van der Waals surface area contributed by atoms with Gasteiger partial charge in [-0.2, -0.15) is 0 Å². The van der Waals surface area contributed by atoms with Crippen LogP contribution in [-0.4, -0.2) is 63.4 Å². The molecule has 0 aliphatic carbocycles. The number of sulfone groups is 1. The van der Waals surface area contributed by atoms with Crippen molar-refractivity contribution in [2.45, 2.75) is 25.8 Å². The number of methoxy groups -OCH3 is 2. The van der Waals surface area contributed by atoms with Crippen LogP contribution in [0.25, 0.3) is 0 Å². The van der Waals surface area contributed by atoms with Crippen LogP contribution in [0.2, 0.25) is 0 Å². The van der Waals surface area contributed by atoms with Gasteiger partial charge in [0.05, 0.1) is 31.4 Å². The number of carbonyl (C=O) groups is 2. The van der Waals surface area contributed by atoms with E-state index in [9.17, 15) is 18.0 Å². The SMILES string of the molecule is COc1ccc(OC)c(NC(=O)CCN(C(C)=O)C2CCS(=O)(=O)C2)c1. The molecule has 1 aromatic rings. The molecule has 1 aliphatic heterocycles. The Balaban J connectivity index is 2.00. The van der Waals surface area contributed by atoms with Crippen molar-refractivity contribution >= 4 is 27.3 Å². The van der Waals surface area contributed by atoms with Gasteiger partial charge in [0.2, 0.25) is 11.8 Å². The van der Waals surface area contributed by atoms with E-state index in [0.29, 0.717) is 23.6 Å². The Morgan fingerprint density at radius 3 is 2.54 bits per heavy atom. The Labute approximate surface area is 153 Å². The van der Waals surface area contributed by atoms with Gasteiger partial charge >= 0.3 is 0 Å². The van der Waals surface area contributed by atoms with E-state index in [1.807, 2.05) is 0 Å². The van der Waals surface area contributed by atoms with Gasteiger partial charge in [-0.15, -0.1) is 0 Å². The smallest absolute Gasteiger partial charge is 0.226 e. The van der Waals surface area contributed by atoms with E-state index in [-0.39, 0.29) is 42.3 Å². The highest BCUT2D eigenvalue weighted by atomic mass is 32.2. The predicted molar refractivity (Wildman–Crippen MR) is 97.2 cm³/mol. The van der Waals surface area contributed by atoms with Crippen molar-refractivity contribution in [1.29, 1.82) is 0 Å². The minimum Gasteiger partial charge on any atom is -0.497 e. The molecule has 1 N–H and O–H groups in total. The van der Waals surface area contributed by atoms with Crippen LogP contribution in [0.15, 0.2) is 18.2 Å². The quantitative estimate of drug-likeness (QED) is 0.754. The monoisotopic (exact) mass is 384 g/mol. The lowest BCUT2D eigenvalue weighted by Gasteiger charge is -2.26. The van der Waals surface area contributed by atoms with Gasteiger partial charge in [0.15, 0.2) is 9.84 Å². The molecule has 9 heteroatoms. The van der Waals surface area contributed by atoms with Crippen molar-refractivity contribution < 1.29 is 27.5 Å². The summed E-state index contributed by atoms with van der Waals surface area (Å²) in [6.45, 7) is 1.54. The van der Waals surface area contributed by atoms with Gasteiger partial charge in [0.1, 0.15) is 11.5 Å². The zero-order valence-corrected chi connectivity index (χ0v) is 16.0. The third kappa shape index (κ3) is 5.10. The highest BCUT2D eigenvalue weighted by Crippen LogP contribution is 2.29. The number of nitrogens with one attached hydrogen (secondary N) is 1. The zero-order chi connectivity index (χ0) is 19.3. The lowest BCUT2D eigenvalue weighted by Crippen LogP contribution is -2.41. The van der Waals surface area contributed by atoms with Crippen LogP contribution in [0.5, 0.6) is 11.5 Å². The number of rotatable bonds is 7. The maximum atomic E-state index is 12.3. The third-order valence-corrected chi connectivity index (χ3v) is 6.06. The molecular formula is C17H24N2O6S. The molecule has 144 valence electrons. The van der Waals surface area contributed by atoms with Crippen LogP contribution in [0.1, 0.15) is 19.8 Å². The summed E-state index contributed by atoms with van der Waals surface area (Å²) in [6.07, 6.45) is 0.462. The van der Waals surface area contributed by atoms with E-state index in [2.05, 4.69) is 5.32 Å². The van der Waals surface area contributed by atoms with Crippen molar-refractivity contribution in [2.24, 2.45) is 0 Å². The molecule has 1 aliphatic rings. The molecule has 1 aromatic carbocycles. The minimum absolute atomic E-state index is 0.0437. The first kappa shape index (κ1) is 20.0. The van der Waals surface area contributed by atoms with Crippen LogP contribution in [-0.2, 0) is 19.4 Å². The average molecular weight is 384 g/mol. The van der Waals surface area contributed by atoms with Gasteiger partial charge in [0, 0.05) is 32.0 Å². The molecule has 2 amide bonds. The van der Waals surface area contributed by atoms with E-state index in [1.54, 1.807) is 18.2 Å². The molecule has 1 saturated heterocycles. The maximum Gasteiger partial charge on any atom is 0.226 e. The molecule has 26 heavy (non-hydrogen) atoms. The average Bonchev–Trinajstić information content (AvgIpc) is 2.94. The summed E-state index contributed by atoms with van der Waals surface area (Å²) in [5.74, 6) is 0.557. The van der Waals surface area contributed by atoms with E-state index in [4.69, 9.17) is 9.47 Å². The molecular weight excluding hydrogens is 360 g/mol. The van der Waals surface area contributed by atoms with Gasteiger partial charge in [0.25, 0.3) is 0 Å². The van der Waals surface area contributed by atoms with Gasteiger partial charge in [-0.1, -0.05) is 0 Å². The fourth-order valence-corrected chi connectivity index (χ4v) is 4.70. The molecule has 0 aromatic heterocycles. The van der Waals surface area contributed by atoms with E-state index in [1.165, 1.54) is 26.0 Å². The highest BCUT2D eigenvalue weighted by molar-refractivity contribution is 7.91. The first-order chi connectivity index (χ1) is 12.3. The van der Waals surface area contributed by atoms with Crippen LogP contribution >= 0.6 is 0 Å². The van der Waals surface area contributed by atoms with Crippen LogP contribution in [0, 0.1) is 0 Å². The summed E-state index contributed by atoms with van der Waals surface area (Å²) in [4.78, 5) is 25.6. The molecule has 1 atom stereocenters. The summed E-state index contributed by atoms with van der Waals surface area (Å²) in [5.41, 5.74) is 0.467. The predicted octanol–water partition coefficient (Wildman–Crippen LogP) is 1.07. The molecule has 2 rings (SSSR count).